The van der Waals surface area contributed by atoms with Crippen molar-refractivity contribution in [3.05, 3.63) is 45.4 Å². The quantitative estimate of drug-likeness (QED) is 0.313. The molecule has 1 unspecified atom stereocenters. The first-order valence-corrected chi connectivity index (χ1v) is 9.65. The maximum atomic E-state index is 6.16. The lowest BCUT2D eigenvalue weighted by molar-refractivity contribution is 0.199. The van der Waals surface area contributed by atoms with Crippen molar-refractivity contribution < 1.29 is 4.74 Å². The number of benzene rings is 1. The molecule has 1 aromatic carbocycles. The number of aryl methyl sites for hydroxylation is 1. The van der Waals surface area contributed by atoms with Crippen LogP contribution in [0.2, 0.25) is 5.02 Å². The van der Waals surface area contributed by atoms with Crippen LogP contribution in [0.25, 0.3) is 0 Å². The second kappa shape index (κ2) is 12.3. The van der Waals surface area contributed by atoms with Gasteiger partial charge in [-0.2, -0.15) is 0 Å². The van der Waals surface area contributed by atoms with Crippen LogP contribution in [0, 0.1) is 0 Å². The first kappa shape index (κ1) is 23.0. The molecule has 0 fully saturated rings. The maximum absolute atomic E-state index is 6.16. The van der Waals surface area contributed by atoms with E-state index < -0.39 is 0 Å². The third-order valence-corrected chi connectivity index (χ3v) is 5.12. The van der Waals surface area contributed by atoms with Gasteiger partial charge in [0.2, 0.25) is 0 Å². The summed E-state index contributed by atoms with van der Waals surface area (Å²) in [5, 5.41) is 8.26. The van der Waals surface area contributed by atoms with Crippen molar-refractivity contribution in [2.45, 2.75) is 39.3 Å². The van der Waals surface area contributed by atoms with Crippen molar-refractivity contribution in [3.63, 3.8) is 0 Å². The van der Waals surface area contributed by atoms with Gasteiger partial charge < -0.3 is 15.4 Å². The molecule has 0 bridgehead atoms. The van der Waals surface area contributed by atoms with Gasteiger partial charge in [0, 0.05) is 18.1 Å². The molecule has 0 aliphatic carbocycles. The first-order valence-electron chi connectivity index (χ1n) is 8.45. The molecule has 0 amide bonds. The topological polar surface area (TPSA) is 58.5 Å². The number of nitrogens with zero attached hydrogens (tertiary/aromatic N) is 2. The molecule has 0 aliphatic rings. The predicted octanol–water partition coefficient (Wildman–Crippen LogP) is 4.50. The van der Waals surface area contributed by atoms with Crippen LogP contribution in [0.5, 0.6) is 5.75 Å². The fourth-order valence-electron chi connectivity index (χ4n) is 2.17. The SMILES string of the molecule is CCc1cnc(CNC(=NC)NCC(CC)Oc2ccccc2Cl)s1.I. The highest BCUT2D eigenvalue weighted by molar-refractivity contribution is 14.0. The zero-order valence-electron chi connectivity index (χ0n) is 15.3. The number of rotatable bonds is 8. The van der Waals surface area contributed by atoms with E-state index in [2.05, 4.69) is 34.5 Å². The third kappa shape index (κ3) is 7.28. The van der Waals surface area contributed by atoms with E-state index in [0.29, 0.717) is 23.9 Å². The van der Waals surface area contributed by atoms with Gasteiger partial charge >= 0.3 is 0 Å². The van der Waals surface area contributed by atoms with Gasteiger partial charge in [-0.3, -0.25) is 4.99 Å². The molecule has 2 N–H and O–H groups in total. The van der Waals surface area contributed by atoms with Gasteiger partial charge in [0.05, 0.1) is 18.1 Å². The Balaban J connectivity index is 0.00000338. The summed E-state index contributed by atoms with van der Waals surface area (Å²) in [6.45, 7) is 5.52. The van der Waals surface area contributed by atoms with E-state index in [9.17, 15) is 0 Å². The van der Waals surface area contributed by atoms with E-state index in [-0.39, 0.29) is 30.1 Å². The molecule has 8 heteroatoms. The van der Waals surface area contributed by atoms with Gasteiger partial charge in [-0.1, -0.05) is 37.6 Å². The summed E-state index contributed by atoms with van der Waals surface area (Å²) in [5.41, 5.74) is 0. The summed E-state index contributed by atoms with van der Waals surface area (Å²) in [5.74, 6) is 1.44. The smallest absolute Gasteiger partial charge is 0.191 e. The molecule has 1 heterocycles. The van der Waals surface area contributed by atoms with Crippen molar-refractivity contribution in [1.82, 2.24) is 15.6 Å². The van der Waals surface area contributed by atoms with E-state index in [1.54, 1.807) is 18.4 Å². The normalized spacial score (nSPS) is 12.2. The van der Waals surface area contributed by atoms with E-state index >= 15 is 0 Å². The lowest BCUT2D eigenvalue weighted by Gasteiger charge is -2.20. The molecule has 0 spiro atoms. The number of para-hydroxylation sites is 1. The summed E-state index contributed by atoms with van der Waals surface area (Å²) in [7, 11) is 1.75. The van der Waals surface area contributed by atoms with Crippen LogP contribution in [0.15, 0.2) is 35.5 Å². The van der Waals surface area contributed by atoms with Crippen LogP contribution >= 0.6 is 46.9 Å². The zero-order valence-corrected chi connectivity index (χ0v) is 19.2. The number of hydrogen-bond acceptors (Lipinski definition) is 4. The molecular formula is C18H26ClIN4OS. The van der Waals surface area contributed by atoms with E-state index in [0.717, 1.165) is 23.8 Å². The number of hydrogen-bond donors (Lipinski definition) is 2. The van der Waals surface area contributed by atoms with Crippen molar-refractivity contribution in [1.29, 1.82) is 0 Å². The van der Waals surface area contributed by atoms with E-state index in [1.165, 1.54) is 4.88 Å². The minimum Gasteiger partial charge on any atom is -0.487 e. The van der Waals surface area contributed by atoms with E-state index in [4.69, 9.17) is 16.3 Å². The Labute approximate surface area is 181 Å². The number of aliphatic imine (C=N–C) groups is 1. The highest BCUT2D eigenvalue weighted by atomic mass is 127. The number of nitrogens with one attached hydrogen (secondary N) is 2. The molecule has 0 saturated carbocycles. The Hall–Kier alpha value is -1.06. The highest BCUT2D eigenvalue weighted by Gasteiger charge is 2.11. The van der Waals surface area contributed by atoms with Gasteiger partial charge in [-0.15, -0.1) is 35.3 Å². The summed E-state index contributed by atoms with van der Waals surface area (Å²) >= 11 is 7.88. The molecule has 5 nitrogen and oxygen atoms in total. The van der Waals surface area contributed by atoms with Gasteiger partial charge in [0.25, 0.3) is 0 Å². The minimum atomic E-state index is 0. The summed E-state index contributed by atoms with van der Waals surface area (Å²) in [6, 6.07) is 7.52. The molecule has 144 valence electrons. The Morgan fingerprint density at radius 2 is 2.08 bits per heavy atom. The molecule has 2 rings (SSSR count). The van der Waals surface area contributed by atoms with Crippen LogP contribution in [-0.4, -0.2) is 30.6 Å². The Morgan fingerprint density at radius 1 is 1.31 bits per heavy atom. The van der Waals surface area contributed by atoms with Gasteiger partial charge in [0.1, 0.15) is 16.9 Å². The molecule has 1 aromatic heterocycles. The summed E-state index contributed by atoms with van der Waals surface area (Å²) in [6.07, 6.45) is 3.82. The Morgan fingerprint density at radius 3 is 2.69 bits per heavy atom. The van der Waals surface area contributed by atoms with Crippen LogP contribution < -0.4 is 15.4 Å². The molecule has 0 radical (unpaired) electrons. The molecule has 0 saturated heterocycles. The Bertz CT molecular complexity index is 695. The van der Waals surface area contributed by atoms with Gasteiger partial charge in [-0.05, 0) is 25.0 Å². The largest absolute Gasteiger partial charge is 0.487 e. The lowest BCUT2D eigenvalue weighted by atomic mass is 10.2. The van der Waals surface area contributed by atoms with Crippen molar-refractivity contribution in [2.24, 2.45) is 4.99 Å². The van der Waals surface area contributed by atoms with E-state index in [1.807, 2.05) is 30.5 Å². The van der Waals surface area contributed by atoms with Gasteiger partial charge in [0.15, 0.2) is 5.96 Å². The monoisotopic (exact) mass is 508 g/mol. The second-order valence-electron chi connectivity index (χ2n) is 5.46. The first-order chi connectivity index (χ1) is 12.2. The van der Waals surface area contributed by atoms with Crippen LogP contribution in [-0.2, 0) is 13.0 Å². The van der Waals surface area contributed by atoms with Crippen molar-refractivity contribution >= 4 is 52.9 Å². The van der Waals surface area contributed by atoms with Gasteiger partial charge in [-0.25, -0.2) is 4.98 Å². The molecular weight excluding hydrogens is 483 g/mol. The zero-order chi connectivity index (χ0) is 18.1. The standard InChI is InChI=1S/C18H25ClN4OS.HI/c1-4-13(24-16-9-7-6-8-15(16)19)10-22-18(20-3)23-12-17-21-11-14(5-2)25-17;/h6-9,11,13H,4-5,10,12H2,1-3H3,(H2,20,22,23);1H. The minimum absolute atomic E-state index is 0. The summed E-state index contributed by atoms with van der Waals surface area (Å²) < 4.78 is 5.98. The fraction of sp³-hybridized carbons (Fsp3) is 0.444. The van der Waals surface area contributed by atoms with Crippen molar-refractivity contribution in [2.75, 3.05) is 13.6 Å². The Kier molecular flexibility index (Phi) is 10.9. The highest BCUT2D eigenvalue weighted by Crippen LogP contribution is 2.24. The number of halogens is 2. The molecule has 2 aromatic rings. The average molecular weight is 509 g/mol. The predicted molar refractivity (Wildman–Crippen MR) is 121 cm³/mol. The maximum Gasteiger partial charge on any atom is 0.191 e. The van der Waals surface area contributed by atoms with Crippen LogP contribution in [0.1, 0.15) is 30.2 Å². The average Bonchev–Trinajstić information content (AvgIpc) is 3.10. The van der Waals surface area contributed by atoms with Crippen LogP contribution in [0.3, 0.4) is 0 Å². The second-order valence-corrected chi connectivity index (χ2v) is 7.07. The fourth-order valence-corrected chi connectivity index (χ4v) is 3.16. The summed E-state index contributed by atoms with van der Waals surface area (Å²) in [4.78, 5) is 9.95. The molecule has 26 heavy (non-hydrogen) atoms. The molecule has 0 aliphatic heterocycles. The number of ether oxygens (including phenoxy) is 1. The number of guanidine groups is 1. The number of aromatic nitrogens is 1. The third-order valence-electron chi connectivity index (χ3n) is 3.66. The van der Waals surface area contributed by atoms with Crippen LogP contribution in [0.4, 0.5) is 0 Å². The number of thiazole rings is 1. The lowest BCUT2D eigenvalue weighted by Crippen LogP contribution is -2.42. The van der Waals surface area contributed by atoms with Crippen molar-refractivity contribution in [3.8, 4) is 5.75 Å². The molecule has 1 atom stereocenters.